The van der Waals surface area contributed by atoms with E-state index in [0.29, 0.717) is 16.3 Å². The maximum Gasteiger partial charge on any atom is 0.234 e. The van der Waals surface area contributed by atoms with Gasteiger partial charge < -0.3 is 14.6 Å². The van der Waals surface area contributed by atoms with Crippen LogP contribution in [0.4, 0.5) is 0 Å². The van der Waals surface area contributed by atoms with Crippen LogP contribution in [0.15, 0.2) is 49.8 Å². The van der Waals surface area contributed by atoms with Crippen LogP contribution in [0.25, 0.3) is 0 Å². The van der Waals surface area contributed by atoms with Crippen molar-refractivity contribution in [3.63, 3.8) is 0 Å². The zero-order valence-electron chi connectivity index (χ0n) is 24.9. The van der Waals surface area contributed by atoms with E-state index in [0.717, 1.165) is 37.1 Å². The summed E-state index contributed by atoms with van der Waals surface area (Å²) in [6.45, 7) is 19.3. The van der Waals surface area contributed by atoms with Gasteiger partial charge in [0.05, 0.1) is 30.1 Å². The maximum absolute atomic E-state index is 10.7. The number of aromatic hydroxyl groups is 1. The van der Waals surface area contributed by atoms with Gasteiger partial charge in [0.25, 0.3) is 0 Å². The molecule has 220 valence electrons. The predicted molar refractivity (Wildman–Crippen MR) is 173 cm³/mol. The van der Waals surface area contributed by atoms with Crippen molar-refractivity contribution in [1.29, 1.82) is 0 Å². The summed E-state index contributed by atoms with van der Waals surface area (Å²) in [4.78, 5) is 10.7. The first-order valence-electron chi connectivity index (χ1n) is 13.5. The molecule has 0 amide bonds. The molecular formula is C33H37Br3O5. The van der Waals surface area contributed by atoms with Gasteiger partial charge in [0.2, 0.25) is 12.6 Å². The Kier molecular flexibility index (Phi) is 8.85. The molecule has 0 radical (unpaired) electrons. The van der Waals surface area contributed by atoms with E-state index in [4.69, 9.17) is 14.2 Å². The highest BCUT2D eigenvalue weighted by Crippen LogP contribution is 2.53. The third kappa shape index (κ3) is 6.71. The smallest absolute Gasteiger partial charge is 0.234 e. The van der Waals surface area contributed by atoms with Gasteiger partial charge in [-0.2, -0.15) is 0 Å². The van der Waals surface area contributed by atoms with Gasteiger partial charge in [-0.05, 0) is 117 Å². The fourth-order valence-corrected chi connectivity index (χ4v) is 6.11. The van der Waals surface area contributed by atoms with Gasteiger partial charge in [-0.1, -0.05) is 62.3 Å². The van der Waals surface area contributed by atoms with E-state index in [2.05, 4.69) is 134 Å². The molecule has 5 nitrogen and oxygen atoms in total. The lowest BCUT2D eigenvalue weighted by molar-refractivity contribution is -0.228. The monoisotopic (exact) mass is 750 g/mol. The van der Waals surface area contributed by atoms with E-state index in [1.807, 2.05) is 6.07 Å². The van der Waals surface area contributed by atoms with Gasteiger partial charge >= 0.3 is 0 Å². The SMILES string of the molecule is CC(C)(C)c1cc(Br)c(O)c(C=O)c1.CC(C)(C)c1cc(Br)c2c(c1)C1Oc3c(Br)cc(C(C)(C)C)cc3C(O2)O1. The summed E-state index contributed by atoms with van der Waals surface area (Å²) in [6.07, 6.45) is -0.307. The fourth-order valence-electron chi connectivity index (χ4n) is 4.49. The van der Waals surface area contributed by atoms with E-state index in [1.54, 1.807) is 6.07 Å². The Hall–Kier alpha value is -1.87. The standard InChI is InChI=1S/C22H24Br2O3.C11H13BrO2/c1-21(2,3)11-7-13-17(15(23)9-11)25-20-14-8-12(22(4,5)6)10-16(24)18(14)26-19(13)27-20;1-11(2,3)8-4-7(6-13)10(14)9(12)5-8/h7-10,19-20H,1-6H3;4-6,14H,1-3H3. The summed E-state index contributed by atoms with van der Waals surface area (Å²) in [5, 5.41) is 9.51. The number of rotatable bonds is 1. The summed E-state index contributed by atoms with van der Waals surface area (Å²) in [5.41, 5.74) is 5.59. The molecule has 41 heavy (non-hydrogen) atoms. The Balaban J connectivity index is 0.000000234. The lowest BCUT2D eigenvalue weighted by Crippen LogP contribution is -2.31. The molecule has 1 N–H and O–H groups in total. The zero-order valence-corrected chi connectivity index (χ0v) is 29.7. The molecule has 0 fully saturated rings. The van der Waals surface area contributed by atoms with Crippen LogP contribution in [0.1, 0.15) is 113 Å². The molecule has 0 saturated heterocycles. The minimum absolute atomic E-state index is 0.00741. The van der Waals surface area contributed by atoms with Crippen molar-refractivity contribution in [2.24, 2.45) is 0 Å². The van der Waals surface area contributed by atoms with Gasteiger partial charge in [0, 0.05) is 0 Å². The van der Waals surface area contributed by atoms with Crippen molar-refractivity contribution in [2.45, 2.75) is 91.1 Å². The molecule has 2 aliphatic heterocycles. The van der Waals surface area contributed by atoms with Gasteiger partial charge in [-0.15, -0.1) is 0 Å². The van der Waals surface area contributed by atoms with Crippen molar-refractivity contribution >= 4 is 54.1 Å². The first-order chi connectivity index (χ1) is 18.8. The van der Waals surface area contributed by atoms with Crippen molar-refractivity contribution in [3.05, 3.63) is 83.2 Å². The molecule has 2 bridgehead atoms. The van der Waals surface area contributed by atoms with E-state index in [9.17, 15) is 9.90 Å². The number of carbonyl (C=O) groups excluding carboxylic acids is 1. The number of phenols is 1. The number of hydrogen-bond acceptors (Lipinski definition) is 5. The molecule has 0 saturated carbocycles. The summed E-state index contributed by atoms with van der Waals surface area (Å²) in [6, 6.07) is 12.1. The molecule has 5 rings (SSSR count). The van der Waals surface area contributed by atoms with Crippen LogP contribution in [0.3, 0.4) is 0 Å². The van der Waals surface area contributed by atoms with Crippen LogP contribution in [0, 0.1) is 0 Å². The molecule has 2 unspecified atom stereocenters. The van der Waals surface area contributed by atoms with Gasteiger partial charge in [0.15, 0.2) is 6.29 Å². The van der Waals surface area contributed by atoms with Crippen LogP contribution < -0.4 is 9.47 Å². The molecule has 0 spiro atoms. The van der Waals surface area contributed by atoms with Gasteiger partial charge in [-0.3, -0.25) is 9.53 Å². The van der Waals surface area contributed by atoms with Crippen molar-refractivity contribution in [1.82, 2.24) is 0 Å². The maximum atomic E-state index is 10.7. The van der Waals surface area contributed by atoms with Crippen molar-refractivity contribution < 1.29 is 24.1 Å². The van der Waals surface area contributed by atoms with E-state index in [1.165, 1.54) is 11.1 Å². The highest BCUT2D eigenvalue weighted by molar-refractivity contribution is 9.11. The molecule has 3 aromatic carbocycles. The number of aldehydes is 1. The number of benzene rings is 3. The molecule has 8 heteroatoms. The number of fused-ring (bicyclic) bond motifs is 6. The lowest BCUT2D eigenvalue weighted by atomic mass is 9.85. The van der Waals surface area contributed by atoms with Crippen LogP contribution in [0.5, 0.6) is 17.2 Å². The average molecular weight is 753 g/mol. The minimum Gasteiger partial charge on any atom is -0.506 e. The highest BCUT2D eigenvalue weighted by atomic mass is 79.9. The Labute approximate surface area is 268 Å². The van der Waals surface area contributed by atoms with E-state index in [-0.39, 0.29) is 22.0 Å². The Morgan fingerprint density at radius 2 is 1.00 bits per heavy atom. The Bertz CT molecular complexity index is 1420. The average Bonchev–Trinajstić information content (AvgIpc) is 2.85. The quantitative estimate of drug-likeness (QED) is 0.251. The zero-order chi connectivity index (χ0) is 30.7. The summed E-state index contributed by atoms with van der Waals surface area (Å²) in [7, 11) is 0. The molecule has 2 aliphatic rings. The first-order valence-corrected chi connectivity index (χ1v) is 15.8. The molecule has 3 aromatic rings. The van der Waals surface area contributed by atoms with E-state index < -0.39 is 12.6 Å². The number of phenolic OH excluding ortho intramolecular Hbond substituents is 1. The topological polar surface area (TPSA) is 65.0 Å². The number of carbonyl (C=O) groups is 1. The van der Waals surface area contributed by atoms with Crippen molar-refractivity contribution in [3.8, 4) is 17.2 Å². The Morgan fingerprint density at radius 3 is 1.37 bits per heavy atom. The summed E-state index contributed by atoms with van der Waals surface area (Å²) < 4.78 is 21.1. The second-order valence-electron chi connectivity index (χ2n) is 13.6. The summed E-state index contributed by atoms with van der Waals surface area (Å²) >= 11 is 10.6. The van der Waals surface area contributed by atoms with Gasteiger partial charge in [-0.25, -0.2) is 0 Å². The first kappa shape index (κ1) is 32.1. The minimum atomic E-state index is -0.485. The largest absolute Gasteiger partial charge is 0.506 e. The molecular weight excluding hydrogens is 716 g/mol. The predicted octanol–water partition coefficient (Wildman–Crippen LogP) is 10.6. The normalized spacial score (nSPS) is 17.8. The van der Waals surface area contributed by atoms with Crippen LogP contribution in [-0.2, 0) is 21.0 Å². The number of halogens is 3. The van der Waals surface area contributed by atoms with Gasteiger partial charge in [0.1, 0.15) is 17.2 Å². The molecule has 2 heterocycles. The third-order valence-electron chi connectivity index (χ3n) is 7.17. The number of ether oxygens (including phenoxy) is 3. The molecule has 0 aromatic heterocycles. The lowest BCUT2D eigenvalue weighted by Gasteiger charge is -2.39. The summed E-state index contributed by atoms with van der Waals surface area (Å²) in [5.74, 6) is 1.60. The van der Waals surface area contributed by atoms with E-state index >= 15 is 0 Å². The fraction of sp³-hybridized carbons (Fsp3) is 0.424. The third-order valence-corrected chi connectivity index (χ3v) is 8.95. The molecule has 2 atom stereocenters. The number of hydrogen-bond donors (Lipinski definition) is 1. The molecule has 0 aliphatic carbocycles. The van der Waals surface area contributed by atoms with Crippen LogP contribution >= 0.6 is 47.8 Å². The second-order valence-corrected chi connectivity index (χ2v) is 16.1. The van der Waals surface area contributed by atoms with Crippen LogP contribution in [0.2, 0.25) is 0 Å². The van der Waals surface area contributed by atoms with Crippen LogP contribution in [-0.4, -0.2) is 11.4 Å². The highest BCUT2D eigenvalue weighted by Gasteiger charge is 2.41. The van der Waals surface area contributed by atoms with Crippen molar-refractivity contribution in [2.75, 3.05) is 0 Å². The Morgan fingerprint density at radius 1 is 0.634 bits per heavy atom. The second kappa shape index (κ2) is 11.3.